The average Bonchev–Trinajstić information content (AvgIpc) is 3.07. The van der Waals surface area contributed by atoms with Crippen LogP contribution in [0.1, 0.15) is 24.3 Å². The van der Waals surface area contributed by atoms with Crippen LogP contribution in [0.5, 0.6) is 5.75 Å². The van der Waals surface area contributed by atoms with Gasteiger partial charge in [-0.25, -0.2) is 0 Å². The molecular formula is C20H29N5O2. The second kappa shape index (κ2) is 8.00. The lowest BCUT2D eigenvalue weighted by Crippen LogP contribution is -2.49. The minimum Gasteiger partial charge on any atom is -0.484 e. The quantitative estimate of drug-likeness (QED) is 0.805. The summed E-state index contributed by atoms with van der Waals surface area (Å²) in [6.07, 6.45) is 1.67. The van der Waals surface area contributed by atoms with Crippen LogP contribution >= 0.6 is 0 Å². The minimum atomic E-state index is -0.261. The van der Waals surface area contributed by atoms with Crippen molar-refractivity contribution in [3.8, 4) is 5.75 Å². The van der Waals surface area contributed by atoms with Gasteiger partial charge in [-0.3, -0.25) is 9.48 Å². The molecule has 0 aliphatic carbocycles. The van der Waals surface area contributed by atoms with Crippen LogP contribution in [0.2, 0.25) is 0 Å². The molecule has 1 aromatic heterocycles. The standard InChI is InChI=1S/C20H29N5O2/c1-20(2)15-24(16-7-5-6-8-18(16)27-20)12-11-21-19(26)17-9-10-22-25(17)14-13-23(3)4/h5-10H,11-15H2,1-4H3,(H,21,26). The lowest BCUT2D eigenvalue weighted by atomic mass is 10.1. The van der Waals surface area contributed by atoms with Crippen LogP contribution in [-0.4, -0.2) is 66.5 Å². The van der Waals surface area contributed by atoms with E-state index in [1.54, 1.807) is 16.9 Å². The normalized spacial score (nSPS) is 15.4. The number of rotatable bonds is 7. The maximum absolute atomic E-state index is 12.6. The molecule has 1 aliphatic heterocycles. The van der Waals surface area contributed by atoms with Gasteiger partial charge in [0.1, 0.15) is 17.0 Å². The smallest absolute Gasteiger partial charge is 0.269 e. The van der Waals surface area contributed by atoms with E-state index in [4.69, 9.17) is 4.74 Å². The Balaban J connectivity index is 1.59. The van der Waals surface area contributed by atoms with Crippen LogP contribution < -0.4 is 15.0 Å². The Hall–Kier alpha value is -2.54. The average molecular weight is 371 g/mol. The first-order chi connectivity index (χ1) is 12.9. The largest absolute Gasteiger partial charge is 0.484 e. The molecule has 3 rings (SSSR count). The fraction of sp³-hybridized carbons (Fsp3) is 0.500. The monoisotopic (exact) mass is 371 g/mol. The molecule has 1 amide bonds. The van der Waals surface area contributed by atoms with Crippen molar-refractivity contribution >= 4 is 11.6 Å². The Morgan fingerprint density at radius 1 is 1.26 bits per heavy atom. The lowest BCUT2D eigenvalue weighted by Gasteiger charge is -2.41. The van der Waals surface area contributed by atoms with Crippen molar-refractivity contribution < 1.29 is 9.53 Å². The molecule has 0 saturated heterocycles. The molecule has 1 aromatic carbocycles. The molecule has 0 atom stereocenters. The molecule has 1 N–H and O–H groups in total. The first-order valence-corrected chi connectivity index (χ1v) is 9.33. The van der Waals surface area contributed by atoms with Gasteiger partial charge in [-0.05, 0) is 46.1 Å². The molecule has 0 saturated carbocycles. The Morgan fingerprint density at radius 3 is 2.81 bits per heavy atom. The zero-order chi connectivity index (χ0) is 19.4. The van der Waals surface area contributed by atoms with Crippen LogP contribution in [0.4, 0.5) is 5.69 Å². The van der Waals surface area contributed by atoms with Gasteiger partial charge < -0.3 is 19.9 Å². The van der Waals surface area contributed by atoms with Crippen LogP contribution in [0, 0.1) is 0 Å². The minimum absolute atomic E-state index is 0.0907. The summed E-state index contributed by atoms with van der Waals surface area (Å²) in [5.41, 5.74) is 1.41. The number of carbonyl (C=O) groups excluding carboxylic acids is 1. The summed E-state index contributed by atoms with van der Waals surface area (Å²) in [4.78, 5) is 16.9. The van der Waals surface area contributed by atoms with Crippen LogP contribution in [0.15, 0.2) is 36.5 Å². The Bertz CT molecular complexity index is 784. The van der Waals surface area contributed by atoms with Crippen molar-refractivity contribution in [1.82, 2.24) is 20.0 Å². The van der Waals surface area contributed by atoms with E-state index in [2.05, 4.69) is 40.1 Å². The van der Waals surface area contributed by atoms with E-state index in [-0.39, 0.29) is 11.5 Å². The SMILES string of the molecule is CN(C)CCn1nccc1C(=O)NCCN1CC(C)(C)Oc2ccccc21. The van der Waals surface area contributed by atoms with E-state index in [1.807, 2.05) is 32.3 Å². The maximum atomic E-state index is 12.6. The van der Waals surface area contributed by atoms with Gasteiger partial charge >= 0.3 is 0 Å². The van der Waals surface area contributed by atoms with E-state index < -0.39 is 0 Å². The van der Waals surface area contributed by atoms with E-state index in [0.717, 1.165) is 31.1 Å². The number of para-hydroxylation sites is 2. The molecule has 2 aromatic rings. The highest BCUT2D eigenvalue weighted by atomic mass is 16.5. The first-order valence-electron chi connectivity index (χ1n) is 9.33. The Morgan fingerprint density at radius 2 is 2.04 bits per heavy atom. The molecule has 0 unspecified atom stereocenters. The molecule has 0 radical (unpaired) electrons. The van der Waals surface area contributed by atoms with Crippen molar-refractivity contribution in [3.63, 3.8) is 0 Å². The molecule has 7 nitrogen and oxygen atoms in total. The molecule has 146 valence electrons. The van der Waals surface area contributed by atoms with Crippen molar-refractivity contribution in [3.05, 3.63) is 42.2 Å². The zero-order valence-electron chi connectivity index (χ0n) is 16.6. The summed E-state index contributed by atoms with van der Waals surface area (Å²) in [7, 11) is 4.01. The van der Waals surface area contributed by atoms with Gasteiger partial charge in [-0.15, -0.1) is 0 Å². The number of benzene rings is 1. The second-order valence-corrected chi connectivity index (χ2v) is 7.75. The van der Waals surface area contributed by atoms with Crippen molar-refractivity contribution in [2.45, 2.75) is 26.0 Å². The Labute approximate surface area is 160 Å². The van der Waals surface area contributed by atoms with E-state index in [0.29, 0.717) is 18.8 Å². The molecule has 27 heavy (non-hydrogen) atoms. The third kappa shape index (κ3) is 4.80. The molecule has 0 spiro atoms. The number of carbonyl (C=O) groups is 1. The summed E-state index contributed by atoms with van der Waals surface area (Å²) < 4.78 is 7.81. The molecular weight excluding hydrogens is 342 g/mol. The second-order valence-electron chi connectivity index (χ2n) is 7.75. The number of fused-ring (bicyclic) bond motifs is 1. The fourth-order valence-corrected chi connectivity index (χ4v) is 3.27. The summed E-state index contributed by atoms with van der Waals surface area (Å²) in [5, 5.41) is 7.28. The number of nitrogens with zero attached hydrogens (tertiary/aromatic N) is 4. The first kappa shape index (κ1) is 19.2. The van der Waals surface area contributed by atoms with Gasteiger partial charge in [-0.1, -0.05) is 12.1 Å². The number of amides is 1. The number of anilines is 1. The van der Waals surface area contributed by atoms with Crippen LogP contribution in [-0.2, 0) is 6.54 Å². The number of likely N-dealkylation sites (N-methyl/N-ethyl adjacent to an activating group) is 1. The van der Waals surface area contributed by atoms with Crippen LogP contribution in [0.25, 0.3) is 0 Å². The highest BCUT2D eigenvalue weighted by Crippen LogP contribution is 2.36. The predicted molar refractivity (Wildman–Crippen MR) is 106 cm³/mol. The van der Waals surface area contributed by atoms with E-state index in [1.165, 1.54) is 0 Å². The van der Waals surface area contributed by atoms with Crippen molar-refractivity contribution in [1.29, 1.82) is 0 Å². The molecule has 0 bridgehead atoms. The van der Waals surface area contributed by atoms with Gasteiger partial charge in [0, 0.05) is 25.8 Å². The van der Waals surface area contributed by atoms with Crippen LogP contribution in [0.3, 0.4) is 0 Å². The van der Waals surface area contributed by atoms with Gasteiger partial charge in [0.15, 0.2) is 0 Å². The van der Waals surface area contributed by atoms with Gasteiger partial charge in [0.25, 0.3) is 5.91 Å². The highest BCUT2D eigenvalue weighted by Gasteiger charge is 2.31. The topological polar surface area (TPSA) is 62.6 Å². The predicted octanol–water partition coefficient (Wildman–Crippen LogP) is 1.85. The maximum Gasteiger partial charge on any atom is 0.269 e. The molecule has 1 aliphatic rings. The fourth-order valence-electron chi connectivity index (χ4n) is 3.27. The lowest BCUT2D eigenvalue weighted by molar-refractivity contribution is 0.0939. The summed E-state index contributed by atoms with van der Waals surface area (Å²) in [6.45, 7) is 7.75. The number of hydrogen-bond acceptors (Lipinski definition) is 5. The summed E-state index contributed by atoms with van der Waals surface area (Å²) >= 11 is 0. The highest BCUT2D eigenvalue weighted by molar-refractivity contribution is 5.92. The Kier molecular flexibility index (Phi) is 5.70. The van der Waals surface area contributed by atoms with E-state index >= 15 is 0 Å². The van der Waals surface area contributed by atoms with E-state index in [9.17, 15) is 4.79 Å². The zero-order valence-corrected chi connectivity index (χ0v) is 16.6. The van der Waals surface area contributed by atoms with Gasteiger partial charge in [-0.2, -0.15) is 5.10 Å². The van der Waals surface area contributed by atoms with Crippen molar-refractivity contribution in [2.75, 3.05) is 45.2 Å². The number of nitrogens with one attached hydrogen (secondary N) is 1. The van der Waals surface area contributed by atoms with Crippen molar-refractivity contribution in [2.24, 2.45) is 0 Å². The third-order valence-electron chi connectivity index (χ3n) is 4.54. The summed E-state index contributed by atoms with van der Waals surface area (Å²) in [6, 6.07) is 9.80. The third-order valence-corrected chi connectivity index (χ3v) is 4.54. The summed E-state index contributed by atoms with van der Waals surface area (Å²) in [5.74, 6) is 0.800. The molecule has 0 fully saturated rings. The molecule has 7 heteroatoms. The number of aromatic nitrogens is 2. The number of hydrogen-bond donors (Lipinski definition) is 1. The molecule has 2 heterocycles. The van der Waals surface area contributed by atoms with Gasteiger partial charge in [0.05, 0.1) is 18.8 Å². The van der Waals surface area contributed by atoms with Gasteiger partial charge in [0.2, 0.25) is 0 Å². The number of ether oxygens (including phenoxy) is 1.